The van der Waals surface area contributed by atoms with Crippen LogP contribution in [0, 0.1) is 0 Å². The molecule has 2 aromatic heterocycles. The molecule has 0 aliphatic heterocycles. The van der Waals surface area contributed by atoms with Crippen molar-refractivity contribution in [1.29, 1.82) is 0 Å². The van der Waals surface area contributed by atoms with E-state index >= 15 is 0 Å². The number of hydrogen-bond acceptors (Lipinski definition) is 2. The van der Waals surface area contributed by atoms with Crippen molar-refractivity contribution in [2.75, 3.05) is 0 Å². The summed E-state index contributed by atoms with van der Waals surface area (Å²) in [5.74, 6) is 0. The molecular weight excluding hydrogens is 595 g/mol. The van der Waals surface area contributed by atoms with Gasteiger partial charge in [0.05, 0.1) is 11.4 Å². The first-order valence-corrected chi connectivity index (χ1v) is 16.7. The minimum atomic E-state index is 0.907. The Kier molecular flexibility index (Phi) is 6.22. The van der Waals surface area contributed by atoms with Crippen LogP contribution in [-0.4, -0.2) is 4.98 Å². The summed E-state index contributed by atoms with van der Waals surface area (Å²) in [7, 11) is 0. The third-order valence-corrected chi connectivity index (χ3v) is 9.85. The molecule has 0 fully saturated rings. The van der Waals surface area contributed by atoms with E-state index in [0.717, 1.165) is 61.1 Å². The summed E-state index contributed by atoms with van der Waals surface area (Å²) in [6.45, 7) is 0. The summed E-state index contributed by atoms with van der Waals surface area (Å²) in [6.07, 6.45) is 0. The van der Waals surface area contributed by atoms with Gasteiger partial charge in [0.1, 0.15) is 11.2 Å². The van der Waals surface area contributed by atoms with Crippen LogP contribution in [0.15, 0.2) is 180 Å². The number of hydrogen-bond donors (Lipinski definition) is 0. The molecule has 0 saturated carbocycles. The molecule has 0 amide bonds. The Bertz CT molecular complexity index is 2810. The average molecular weight is 624 g/mol. The van der Waals surface area contributed by atoms with Gasteiger partial charge in [-0.05, 0) is 91.0 Å². The number of benzene rings is 8. The number of furan rings is 1. The average Bonchev–Trinajstić information content (AvgIpc) is 3.56. The van der Waals surface area contributed by atoms with E-state index in [4.69, 9.17) is 9.40 Å². The van der Waals surface area contributed by atoms with Crippen LogP contribution in [0.1, 0.15) is 0 Å². The van der Waals surface area contributed by atoms with E-state index in [9.17, 15) is 0 Å². The monoisotopic (exact) mass is 623 g/mol. The summed E-state index contributed by atoms with van der Waals surface area (Å²) in [5, 5.41) is 9.75. The highest BCUT2D eigenvalue weighted by Gasteiger charge is 2.16. The van der Waals surface area contributed by atoms with Crippen molar-refractivity contribution in [2.45, 2.75) is 0 Å². The van der Waals surface area contributed by atoms with Crippen molar-refractivity contribution >= 4 is 54.3 Å². The lowest BCUT2D eigenvalue weighted by Gasteiger charge is -2.16. The fourth-order valence-electron chi connectivity index (χ4n) is 7.53. The number of nitrogens with zero attached hydrogens (tertiary/aromatic N) is 1. The first kappa shape index (κ1) is 27.6. The number of aromatic nitrogens is 1. The number of para-hydroxylation sites is 1. The van der Waals surface area contributed by atoms with Gasteiger partial charge in [0.2, 0.25) is 0 Å². The molecule has 2 heterocycles. The Morgan fingerprint density at radius 3 is 1.59 bits per heavy atom. The molecule has 10 rings (SSSR count). The third-order valence-electron chi connectivity index (χ3n) is 9.85. The van der Waals surface area contributed by atoms with Gasteiger partial charge in [-0.15, -0.1) is 0 Å². The van der Waals surface area contributed by atoms with Gasteiger partial charge in [-0.2, -0.15) is 0 Å². The molecule has 0 aliphatic rings. The number of pyridine rings is 1. The largest absolute Gasteiger partial charge is 0.456 e. The lowest BCUT2D eigenvalue weighted by Crippen LogP contribution is -1.92. The SMILES string of the molecule is c1ccc(-c2cc(-c3ccc4c(c3)c3ccccc3c3cccc(-c5ccc6c(c5)oc5ccccc56)c34)cc(-c3ccccc3)n2)cc1. The van der Waals surface area contributed by atoms with Gasteiger partial charge < -0.3 is 4.42 Å². The van der Waals surface area contributed by atoms with Gasteiger partial charge in [-0.1, -0.05) is 140 Å². The van der Waals surface area contributed by atoms with Crippen molar-refractivity contribution in [2.24, 2.45) is 0 Å². The lowest BCUT2D eigenvalue weighted by atomic mass is 9.88. The van der Waals surface area contributed by atoms with E-state index in [-0.39, 0.29) is 0 Å². The van der Waals surface area contributed by atoms with E-state index in [0.29, 0.717) is 0 Å². The normalized spacial score (nSPS) is 11.7. The van der Waals surface area contributed by atoms with Gasteiger partial charge in [0, 0.05) is 21.9 Å². The van der Waals surface area contributed by atoms with E-state index < -0.39 is 0 Å². The summed E-state index contributed by atoms with van der Waals surface area (Å²) in [5.41, 5.74) is 10.6. The molecule has 0 radical (unpaired) electrons. The van der Waals surface area contributed by atoms with Crippen LogP contribution in [0.4, 0.5) is 0 Å². The van der Waals surface area contributed by atoms with Gasteiger partial charge in [-0.25, -0.2) is 4.98 Å². The fourth-order valence-corrected chi connectivity index (χ4v) is 7.53. The fraction of sp³-hybridized carbons (Fsp3) is 0. The van der Waals surface area contributed by atoms with E-state index in [2.05, 4.69) is 152 Å². The predicted molar refractivity (Wildman–Crippen MR) is 206 cm³/mol. The molecule has 49 heavy (non-hydrogen) atoms. The molecule has 2 heteroatoms. The van der Waals surface area contributed by atoms with Crippen LogP contribution in [0.25, 0.3) is 99.0 Å². The Labute approximate surface area is 283 Å². The molecular formula is C47H29NO. The second-order valence-corrected chi connectivity index (χ2v) is 12.7. The summed E-state index contributed by atoms with van der Waals surface area (Å²) < 4.78 is 6.33. The molecule has 2 nitrogen and oxygen atoms in total. The summed E-state index contributed by atoms with van der Waals surface area (Å²) in [6, 6.07) is 62.7. The molecule has 0 saturated heterocycles. The Balaban J connectivity index is 1.22. The smallest absolute Gasteiger partial charge is 0.136 e. The van der Waals surface area contributed by atoms with Crippen LogP contribution < -0.4 is 0 Å². The topological polar surface area (TPSA) is 26.0 Å². The van der Waals surface area contributed by atoms with Gasteiger partial charge >= 0.3 is 0 Å². The van der Waals surface area contributed by atoms with Crippen molar-refractivity contribution in [3.63, 3.8) is 0 Å². The molecule has 0 unspecified atom stereocenters. The lowest BCUT2D eigenvalue weighted by molar-refractivity contribution is 0.669. The summed E-state index contributed by atoms with van der Waals surface area (Å²) >= 11 is 0. The molecule has 0 atom stereocenters. The Morgan fingerprint density at radius 1 is 0.306 bits per heavy atom. The Hall–Kier alpha value is -6.51. The van der Waals surface area contributed by atoms with Crippen LogP contribution in [-0.2, 0) is 0 Å². The first-order valence-electron chi connectivity index (χ1n) is 16.7. The molecule has 8 aromatic carbocycles. The highest BCUT2D eigenvalue weighted by Crippen LogP contribution is 2.43. The van der Waals surface area contributed by atoms with Crippen LogP contribution in [0.3, 0.4) is 0 Å². The van der Waals surface area contributed by atoms with E-state index in [1.165, 1.54) is 37.9 Å². The standard InChI is InChI=1S/C47H29NO/c1-3-12-30(13-4-1)43-27-34(28-44(48-43)31-14-5-2-6-15-31)32-22-25-41-42(26-32)37-17-8-7-16-36(37)40-20-11-19-35(47(40)41)33-23-24-39-38-18-9-10-21-45(38)49-46(39)29-33/h1-29H. The van der Waals surface area contributed by atoms with Crippen molar-refractivity contribution in [3.05, 3.63) is 176 Å². The van der Waals surface area contributed by atoms with Crippen molar-refractivity contribution < 1.29 is 4.42 Å². The zero-order chi connectivity index (χ0) is 32.3. The molecule has 0 aliphatic carbocycles. The number of fused-ring (bicyclic) bond motifs is 9. The minimum Gasteiger partial charge on any atom is -0.456 e. The zero-order valence-corrected chi connectivity index (χ0v) is 26.6. The van der Waals surface area contributed by atoms with Gasteiger partial charge in [0.15, 0.2) is 0 Å². The maximum absolute atomic E-state index is 6.33. The molecule has 0 N–H and O–H groups in total. The van der Waals surface area contributed by atoms with Crippen LogP contribution >= 0.6 is 0 Å². The van der Waals surface area contributed by atoms with Crippen LogP contribution in [0.5, 0.6) is 0 Å². The second kappa shape index (κ2) is 11.0. The maximum Gasteiger partial charge on any atom is 0.136 e. The van der Waals surface area contributed by atoms with E-state index in [1.807, 2.05) is 24.3 Å². The molecule has 10 aromatic rings. The zero-order valence-electron chi connectivity index (χ0n) is 26.6. The third kappa shape index (κ3) is 4.53. The van der Waals surface area contributed by atoms with Gasteiger partial charge in [-0.3, -0.25) is 0 Å². The van der Waals surface area contributed by atoms with Crippen LogP contribution in [0.2, 0.25) is 0 Å². The second-order valence-electron chi connectivity index (χ2n) is 12.7. The molecule has 0 spiro atoms. The maximum atomic E-state index is 6.33. The quantitative estimate of drug-likeness (QED) is 0.182. The highest BCUT2D eigenvalue weighted by molar-refractivity contribution is 6.29. The van der Waals surface area contributed by atoms with Gasteiger partial charge in [0.25, 0.3) is 0 Å². The highest BCUT2D eigenvalue weighted by atomic mass is 16.3. The first-order chi connectivity index (χ1) is 24.3. The van der Waals surface area contributed by atoms with E-state index in [1.54, 1.807) is 0 Å². The predicted octanol–water partition coefficient (Wildman–Crippen LogP) is 13.1. The summed E-state index contributed by atoms with van der Waals surface area (Å²) in [4.78, 5) is 5.13. The number of rotatable bonds is 4. The Morgan fingerprint density at radius 2 is 0.857 bits per heavy atom. The minimum absolute atomic E-state index is 0.907. The van der Waals surface area contributed by atoms with Crippen molar-refractivity contribution in [1.82, 2.24) is 4.98 Å². The van der Waals surface area contributed by atoms with Crippen molar-refractivity contribution in [3.8, 4) is 44.8 Å². The molecule has 228 valence electrons. The molecule has 0 bridgehead atoms.